The average molecular weight is 418 g/mol. The van der Waals surface area contributed by atoms with Gasteiger partial charge in [-0.1, -0.05) is 0 Å². The van der Waals surface area contributed by atoms with Gasteiger partial charge < -0.3 is 29.7 Å². The predicted molar refractivity (Wildman–Crippen MR) is 81.2 cm³/mol. The number of carbonyl (C=O) groups excluding carboxylic acids is 4. The van der Waals surface area contributed by atoms with Crippen LogP contribution in [-0.4, -0.2) is 86.8 Å². The van der Waals surface area contributed by atoms with Gasteiger partial charge in [-0.3, -0.25) is 23.4 Å². The molecule has 148 valence electrons. The summed E-state index contributed by atoms with van der Waals surface area (Å²) in [6, 6.07) is 0. The van der Waals surface area contributed by atoms with Crippen molar-refractivity contribution in [3.63, 3.8) is 0 Å². The van der Waals surface area contributed by atoms with Crippen LogP contribution in [0.2, 0.25) is 0 Å². The Bertz CT molecular complexity index is 695. The number of ketones is 4. The molecule has 6 atom stereocenters. The van der Waals surface area contributed by atoms with Crippen molar-refractivity contribution in [2.75, 3.05) is 6.61 Å². The van der Waals surface area contributed by atoms with Gasteiger partial charge in [-0.05, 0) is 38.8 Å². The van der Waals surface area contributed by atoms with Crippen LogP contribution in [0.15, 0.2) is 0 Å². The summed E-state index contributed by atoms with van der Waals surface area (Å²) in [7, 11) is 0. The summed E-state index contributed by atoms with van der Waals surface area (Å²) in [5.74, 6) is -6.22. The Labute approximate surface area is 178 Å². The van der Waals surface area contributed by atoms with Crippen LogP contribution in [0, 0.1) is 0 Å². The van der Waals surface area contributed by atoms with Crippen molar-refractivity contribution >= 4 is 34.2 Å². The minimum Gasteiger partial charge on any atom is -0.770 e. The second-order valence-corrected chi connectivity index (χ2v) is 7.10. The van der Waals surface area contributed by atoms with Gasteiger partial charge in [0.05, 0.1) is 6.61 Å². The monoisotopic (exact) mass is 418 g/mol. The van der Waals surface area contributed by atoms with Crippen molar-refractivity contribution in [3.8, 4) is 0 Å². The van der Waals surface area contributed by atoms with E-state index >= 15 is 0 Å². The van der Waals surface area contributed by atoms with Crippen LogP contribution < -0.4 is 29.6 Å². The van der Waals surface area contributed by atoms with E-state index in [1.54, 1.807) is 0 Å². The summed E-state index contributed by atoms with van der Waals surface area (Å²) >= 11 is -3.80. The van der Waals surface area contributed by atoms with Gasteiger partial charge in [0.1, 0.15) is 6.10 Å². The molecule has 0 aromatic heterocycles. The number of Topliss-reactive ketones (excluding diaryl/α,β-unsaturated/α-hetero) is 4. The largest absolute Gasteiger partial charge is 1.00 e. The molecule has 11 nitrogen and oxygen atoms in total. The van der Waals surface area contributed by atoms with Crippen molar-refractivity contribution < 1.29 is 82.7 Å². The van der Waals surface area contributed by atoms with Crippen molar-refractivity contribution in [1.29, 1.82) is 0 Å². The van der Waals surface area contributed by atoms with Crippen LogP contribution in [0.3, 0.4) is 0 Å². The molecule has 0 amide bonds. The van der Waals surface area contributed by atoms with Crippen LogP contribution in [-0.2, 0) is 35.0 Å². The van der Waals surface area contributed by atoms with E-state index in [-0.39, 0.29) is 29.6 Å². The smallest absolute Gasteiger partial charge is 0.770 e. The topological polar surface area (TPSA) is 199 Å². The Morgan fingerprint density at radius 3 is 1.56 bits per heavy atom. The summed E-state index contributed by atoms with van der Waals surface area (Å²) in [6.45, 7) is 0.972. The van der Waals surface area contributed by atoms with Gasteiger partial charge in [0, 0.05) is 0 Å². The fourth-order valence-electron chi connectivity index (χ4n) is 3.39. The average Bonchev–Trinajstić information content (AvgIpc) is 2.51. The van der Waals surface area contributed by atoms with Crippen LogP contribution in [0.4, 0.5) is 0 Å². The number of hydrogen-bond donors (Lipinski definition) is 4. The summed E-state index contributed by atoms with van der Waals surface area (Å²) in [6.07, 6.45) is -2.34. The number of ether oxygens (including phenoxy) is 1. The van der Waals surface area contributed by atoms with Gasteiger partial charge in [0.15, 0.2) is 28.7 Å². The van der Waals surface area contributed by atoms with Gasteiger partial charge >= 0.3 is 29.6 Å². The first-order valence-corrected chi connectivity index (χ1v) is 8.30. The fourth-order valence-corrected chi connectivity index (χ4v) is 4.36. The minimum absolute atomic E-state index is 0. The first-order chi connectivity index (χ1) is 11.6. The van der Waals surface area contributed by atoms with E-state index in [2.05, 4.69) is 0 Å². The second kappa shape index (κ2) is 8.14. The molecule has 1 saturated heterocycles. The molecule has 0 aromatic rings. The number of rotatable bonds is 6. The fraction of sp³-hybridized carbons (Fsp3) is 0.714. The Morgan fingerprint density at radius 1 is 0.926 bits per heavy atom. The molecule has 0 radical (unpaired) electrons. The number of aliphatic hydroxyl groups is 4. The maximum absolute atomic E-state index is 12.2. The van der Waals surface area contributed by atoms with E-state index in [0.29, 0.717) is 27.7 Å². The standard InChI is InChI=1S/C14H20O11S.Na/c1-6(16)11(20)10(5-15)25-14(9(4)19,26(23)24)13(22,8(3)18)12(11,21)7(2)17;/h10,15,20-22H,5H2,1-4H3,(H,23,24);/q;+1/p-1/t10-,11-,12+,13-,14?;/m1./s1. The van der Waals surface area contributed by atoms with Crippen LogP contribution in [0.1, 0.15) is 27.7 Å². The van der Waals surface area contributed by atoms with Crippen LogP contribution in [0.25, 0.3) is 0 Å². The van der Waals surface area contributed by atoms with E-state index in [9.17, 15) is 48.4 Å². The van der Waals surface area contributed by atoms with Gasteiger partial charge in [-0.25, -0.2) is 0 Å². The van der Waals surface area contributed by atoms with E-state index < -0.39 is 68.7 Å². The zero-order valence-electron chi connectivity index (χ0n) is 15.3. The van der Waals surface area contributed by atoms with Gasteiger partial charge in [0.2, 0.25) is 16.1 Å². The maximum Gasteiger partial charge on any atom is 1.00 e. The Balaban J connectivity index is 0.00000676. The second-order valence-electron chi connectivity index (χ2n) is 6.05. The predicted octanol–water partition coefficient (Wildman–Crippen LogP) is -6.49. The Hall–Kier alpha value is -0.410. The molecule has 1 heterocycles. The van der Waals surface area contributed by atoms with Crippen LogP contribution in [0.5, 0.6) is 0 Å². The quantitative estimate of drug-likeness (QED) is 0.236. The van der Waals surface area contributed by atoms with Gasteiger partial charge in [-0.2, -0.15) is 0 Å². The molecule has 4 N–H and O–H groups in total. The first-order valence-electron chi connectivity index (χ1n) is 7.23. The van der Waals surface area contributed by atoms with Crippen LogP contribution >= 0.6 is 0 Å². The molecule has 1 aliphatic heterocycles. The minimum atomic E-state index is -3.89. The van der Waals surface area contributed by atoms with E-state index in [0.717, 1.165) is 0 Å². The molecule has 0 bridgehead atoms. The SMILES string of the molecule is CC(=O)C1(S(=O)[O-])O[C@H](CO)[C@](O)(C(C)=O)[C@@](O)(C(C)=O)[C@]1(O)C(C)=O.[Na+]. The molecule has 27 heavy (non-hydrogen) atoms. The van der Waals surface area contributed by atoms with Gasteiger partial charge in [-0.15, -0.1) is 0 Å². The summed E-state index contributed by atoms with van der Waals surface area (Å²) in [5.41, 5.74) is -11.2. The summed E-state index contributed by atoms with van der Waals surface area (Å²) in [4.78, 5) is 45.1. The Morgan fingerprint density at radius 2 is 1.33 bits per heavy atom. The van der Waals surface area contributed by atoms with Crippen molar-refractivity contribution in [2.24, 2.45) is 0 Å². The van der Waals surface area contributed by atoms with Gasteiger partial charge in [0.25, 0.3) is 0 Å². The molecular formula is C14H19NaO11S. The normalized spacial score (nSPS) is 39.8. The third kappa shape index (κ3) is 2.94. The van der Waals surface area contributed by atoms with Crippen molar-refractivity contribution in [1.82, 2.24) is 0 Å². The molecule has 2 unspecified atom stereocenters. The zero-order valence-corrected chi connectivity index (χ0v) is 18.2. The van der Waals surface area contributed by atoms with E-state index in [1.807, 2.05) is 0 Å². The molecular weight excluding hydrogens is 399 g/mol. The molecule has 1 aliphatic rings. The first kappa shape index (κ1) is 26.6. The summed E-state index contributed by atoms with van der Waals surface area (Å²) in [5, 5.41) is 42.1. The number of carbonyl (C=O) groups is 4. The maximum atomic E-state index is 12.2. The zero-order chi connectivity index (χ0) is 20.9. The Kier molecular flexibility index (Phi) is 8.02. The molecule has 0 aliphatic carbocycles. The third-order valence-electron chi connectivity index (χ3n) is 4.75. The van der Waals surface area contributed by atoms with E-state index in [4.69, 9.17) is 4.74 Å². The summed E-state index contributed by atoms with van der Waals surface area (Å²) < 4.78 is 28.6. The van der Waals surface area contributed by atoms with Crippen molar-refractivity contribution in [3.05, 3.63) is 0 Å². The molecule has 0 spiro atoms. The van der Waals surface area contributed by atoms with E-state index in [1.165, 1.54) is 0 Å². The molecule has 1 rings (SSSR count). The molecule has 0 saturated carbocycles. The third-order valence-corrected chi connectivity index (χ3v) is 5.89. The number of aliphatic hydroxyl groups excluding tert-OH is 1. The molecule has 1 fully saturated rings. The van der Waals surface area contributed by atoms with Crippen molar-refractivity contribution in [2.45, 2.75) is 55.5 Å². The molecule has 13 heteroatoms. The molecule has 0 aromatic carbocycles. The number of hydrogen-bond acceptors (Lipinski definition) is 11.